The van der Waals surface area contributed by atoms with Crippen molar-refractivity contribution in [2.75, 3.05) is 12.4 Å². The quantitative estimate of drug-likeness (QED) is 0.605. The van der Waals surface area contributed by atoms with Crippen molar-refractivity contribution < 1.29 is 9.13 Å². The molecular weight excluding hydrogens is 393 g/mol. The van der Waals surface area contributed by atoms with Crippen LogP contribution in [0.1, 0.15) is 23.6 Å². The highest BCUT2D eigenvalue weighted by Crippen LogP contribution is 2.25. The van der Waals surface area contributed by atoms with Crippen LogP contribution < -0.4 is 15.6 Å². The molecule has 150 valence electrons. The zero-order valence-electron chi connectivity index (χ0n) is 16.4. The summed E-state index contributed by atoms with van der Waals surface area (Å²) in [7, 11) is 1.40. The lowest BCUT2D eigenvalue weighted by molar-refractivity contribution is 0.402. The molecule has 0 atom stereocenters. The molecule has 0 fully saturated rings. The SMILES string of the molecule is C=C(C)c1ccc(C)c(Nc2nc(=O)c(OC)cn2Cc2cc(F)cc(Cl)c2)c1. The van der Waals surface area contributed by atoms with Crippen LogP contribution in [-0.2, 0) is 6.54 Å². The second-order valence-corrected chi connectivity index (χ2v) is 7.22. The number of halogens is 2. The molecule has 0 bridgehead atoms. The Bertz CT molecular complexity index is 1120. The fourth-order valence-corrected chi connectivity index (χ4v) is 3.12. The van der Waals surface area contributed by atoms with Gasteiger partial charge in [0.25, 0.3) is 0 Å². The van der Waals surface area contributed by atoms with Crippen molar-refractivity contribution in [2.45, 2.75) is 20.4 Å². The lowest BCUT2D eigenvalue weighted by atomic mass is 10.1. The number of nitrogens with zero attached hydrogens (tertiary/aromatic N) is 2. The summed E-state index contributed by atoms with van der Waals surface area (Å²) < 4.78 is 20.5. The predicted octanol–water partition coefficient (Wildman–Crippen LogP) is 5.18. The topological polar surface area (TPSA) is 56.1 Å². The van der Waals surface area contributed by atoms with Crippen molar-refractivity contribution in [3.63, 3.8) is 0 Å². The average Bonchev–Trinajstić information content (AvgIpc) is 2.64. The number of hydrogen-bond donors (Lipinski definition) is 1. The van der Waals surface area contributed by atoms with E-state index < -0.39 is 11.4 Å². The van der Waals surface area contributed by atoms with Gasteiger partial charge in [-0.3, -0.25) is 4.79 Å². The number of methoxy groups -OCH3 is 1. The van der Waals surface area contributed by atoms with Crippen LogP contribution in [0.4, 0.5) is 16.0 Å². The monoisotopic (exact) mass is 413 g/mol. The molecule has 0 aliphatic rings. The zero-order chi connectivity index (χ0) is 21.1. The summed E-state index contributed by atoms with van der Waals surface area (Å²) in [5, 5.41) is 3.50. The van der Waals surface area contributed by atoms with Crippen molar-refractivity contribution in [3.05, 3.63) is 87.1 Å². The molecule has 5 nitrogen and oxygen atoms in total. The van der Waals surface area contributed by atoms with E-state index in [-0.39, 0.29) is 12.3 Å². The van der Waals surface area contributed by atoms with E-state index in [1.54, 1.807) is 10.6 Å². The summed E-state index contributed by atoms with van der Waals surface area (Å²) >= 11 is 5.97. The van der Waals surface area contributed by atoms with Gasteiger partial charge in [0, 0.05) is 10.7 Å². The van der Waals surface area contributed by atoms with Gasteiger partial charge < -0.3 is 14.6 Å². The van der Waals surface area contributed by atoms with Crippen molar-refractivity contribution >= 4 is 28.8 Å². The largest absolute Gasteiger partial charge is 0.490 e. The summed E-state index contributed by atoms with van der Waals surface area (Å²) in [6.07, 6.45) is 1.54. The van der Waals surface area contributed by atoms with Gasteiger partial charge in [0.05, 0.1) is 19.9 Å². The molecule has 2 aromatic carbocycles. The maximum atomic E-state index is 13.8. The Balaban J connectivity index is 2.06. The summed E-state index contributed by atoms with van der Waals surface area (Å²) in [6, 6.07) is 10.2. The first kappa shape index (κ1) is 20.6. The minimum Gasteiger partial charge on any atom is -0.490 e. The van der Waals surface area contributed by atoms with Crippen LogP contribution in [0, 0.1) is 12.7 Å². The Morgan fingerprint density at radius 2 is 2.07 bits per heavy atom. The number of aryl methyl sites for hydroxylation is 1. The van der Waals surface area contributed by atoms with Crippen LogP contribution in [0.3, 0.4) is 0 Å². The second-order valence-electron chi connectivity index (χ2n) is 6.78. The molecule has 29 heavy (non-hydrogen) atoms. The lowest BCUT2D eigenvalue weighted by Crippen LogP contribution is -2.19. The fourth-order valence-electron chi connectivity index (χ4n) is 2.88. The van der Waals surface area contributed by atoms with Gasteiger partial charge in [0.15, 0.2) is 0 Å². The molecule has 0 spiro atoms. The smallest absolute Gasteiger partial charge is 0.316 e. The van der Waals surface area contributed by atoms with Crippen molar-refractivity contribution in [1.29, 1.82) is 0 Å². The van der Waals surface area contributed by atoms with E-state index in [9.17, 15) is 9.18 Å². The van der Waals surface area contributed by atoms with Crippen molar-refractivity contribution in [1.82, 2.24) is 9.55 Å². The molecule has 0 aliphatic carbocycles. The van der Waals surface area contributed by atoms with Crippen LogP contribution in [0.25, 0.3) is 5.57 Å². The first-order valence-corrected chi connectivity index (χ1v) is 9.28. The van der Waals surface area contributed by atoms with Crippen LogP contribution in [0.15, 0.2) is 54.0 Å². The Labute approximate surface area is 173 Å². The minimum absolute atomic E-state index is 0.0884. The Kier molecular flexibility index (Phi) is 6.03. The normalized spacial score (nSPS) is 10.7. The van der Waals surface area contributed by atoms with Gasteiger partial charge in [-0.25, -0.2) is 4.39 Å². The fraction of sp³-hybridized carbons (Fsp3) is 0.182. The standard InChI is InChI=1S/C22H21ClFN3O2/c1-13(2)16-6-5-14(3)19(9-16)25-22-26-21(28)20(29-4)12-27(22)11-15-7-17(23)10-18(24)8-15/h5-10,12H,1,11H2,2-4H3,(H,25,26,28). The van der Waals surface area contributed by atoms with Crippen LogP contribution >= 0.6 is 11.6 Å². The first-order chi connectivity index (χ1) is 13.8. The van der Waals surface area contributed by atoms with Crippen LogP contribution in [-0.4, -0.2) is 16.7 Å². The number of rotatable bonds is 6. The maximum absolute atomic E-state index is 13.8. The molecule has 0 unspecified atom stereocenters. The summed E-state index contributed by atoms with van der Waals surface area (Å²) in [6.45, 7) is 8.07. The highest BCUT2D eigenvalue weighted by Gasteiger charge is 2.12. The molecule has 0 saturated carbocycles. The second kappa shape index (κ2) is 8.49. The van der Waals surface area contributed by atoms with E-state index >= 15 is 0 Å². The minimum atomic E-state index is -0.503. The summed E-state index contributed by atoms with van der Waals surface area (Å²) in [4.78, 5) is 16.4. The summed E-state index contributed by atoms with van der Waals surface area (Å²) in [5.74, 6) is -0.0448. The number of allylic oxidation sites excluding steroid dienone is 1. The molecule has 0 amide bonds. The predicted molar refractivity (Wildman–Crippen MR) is 115 cm³/mol. The number of aromatic nitrogens is 2. The maximum Gasteiger partial charge on any atom is 0.316 e. The van der Waals surface area contributed by atoms with Crippen LogP contribution in [0.2, 0.25) is 5.02 Å². The number of hydrogen-bond acceptors (Lipinski definition) is 4. The van der Waals surface area contributed by atoms with E-state index in [1.165, 1.54) is 25.4 Å². The molecule has 0 radical (unpaired) electrons. The van der Waals surface area contributed by atoms with Gasteiger partial charge in [-0.15, -0.1) is 0 Å². The van der Waals surface area contributed by atoms with Gasteiger partial charge >= 0.3 is 5.56 Å². The molecule has 3 aromatic rings. The molecule has 1 N–H and O–H groups in total. The van der Waals surface area contributed by atoms with Gasteiger partial charge in [-0.2, -0.15) is 4.98 Å². The number of benzene rings is 2. The van der Waals surface area contributed by atoms with Gasteiger partial charge in [0.2, 0.25) is 11.7 Å². The average molecular weight is 414 g/mol. The third-order valence-electron chi connectivity index (χ3n) is 4.44. The van der Waals surface area contributed by atoms with E-state index in [1.807, 2.05) is 32.0 Å². The van der Waals surface area contributed by atoms with Gasteiger partial charge in [0.1, 0.15) is 5.82 Å². The zero-order valence-corrected chi connectivity index (χ0v) is 17.2. The molecule has 1 heterocycles. The van der Waals surface area contributed by atoms with E-state index in [0.29, 0.717) is 16.5 Å². The third kappa shape index (κ3) is 4.84. The molecule has 1 aromatic heterocycles. The van der Waals surface area contributed by atoms with Gasteiger partial charge in [-0.05, 0) is 54.8 Å². The highest BCUT2D eigenvalue weighted by molar-refractivity contribution is 6.30. The van der Waals surface area contributed by atoms with Crippen molar-refractivity contribution in [2.24, 2.45) is 0 Å². The summed E-state index contributed by atoms with van der Waals surface area (Å²) in [5.41, 5.74) is 3.77. The van der Waals surface area contributed by atoms with E-state index in [2.05, 4.69) is 16.9 Å². The van der Waals surface area contributed by atoms with E-state index in [0.717, 1.165) is 22.4 Å². The number of ether oxygens (including phenoxy) is 1. The number of nitrogens with one attached hydrogen (secondary N) is 1. The third-order valence-corrected chi connectivity index (χ3v) is 4.65. The number of anilines is 2. The van der Waals surface area contributed by atoms with E-state index in [4.69, 9.17) is 16.3 Å². The molecule has 0 aliphatic heterocycles. The molecule has 0 saturated heterocycles. The lowest BCUT2D eigenvalue weighted by Gasteiger charge is -2.17. The molecular formula is C22H21ClFN3O2. The Morgan fingerprint density at radius 3 is 2.72 bits per heavy atom. The van der Waals surface area contributed by atoms with Crippen molar-refractivity contribution in [3.8, 4) is 5.75 Å². The van der Waals surface area contributed by atoms with Gasteiger partial charge in [-0.1, -0.05) is 35.9 Å². The van der Waals surface area contributed by atoms with Crippen LogP contribution in [0.5, 0.6) is 5.75 Å². The first-order valence-electron chi connectivity index (χ1n) is 8.91. The highest BCUT2D eigenvalue weighted by atomic mass is 35.5. The molecule has 7 heteroatoms. The Hall–Kier alpha value is -3.12. The Morgan fingerprint density at radius 1 is 1.31 bits per heavy atom. The molecule has 3 rings (SSSR count).